The summed E-state index contributed by atoms with van der Waals surface area (Å²) in [6.45, 7) is 0.356. The second kappa shape index (κ2) is 8.10. The maximum absolute atomic E-state index is 12.6. The Balaban J connectivity index is 1.64. The summed E-state index contributed by atoms with van der Waals surface area (Å²) < 4.78 is 37.8. The molecule has 3 rings (SSSR count). The molecule has 8 heteroatoms. The number of nitrogens with one attached hydrogen (secondary N) is 1. The highest BCUT2D eigenvalue weighted by atomic mass is 19.4. The average molecular weight is 394 g/mol. The Labute approximate surface area is 160 Å². The maximum Gasteiger partial charge on any atom is 0.416 e. The van der Waals surface area contributed by atoms with E-state index in [2.05, 4.69) is 5.32 Å². The lowest BCUT2D eigenvalue weighted by atomic mass is 9.89. The van der Waals surface area contributed by atoms with Crippen LogP contribution in [0.25, 0.3) is 0 Å². The number of hydrogen-bond donors (Lipinski definition) is 3. The van der Waals surface area contributed by atoms with Gasteiger partial charge in [0, 0.05) is 24.5 Å². The van der Waals surface area contributed by atoms with Crippen molar-refractivity contribution in [1.29, 1.82) is 0 Å². The molecule has 0 aliphatic heterocycles. The minimum Gasteiger partial charge on any atom is -0.465 e. The molecule has 0 heterocycles. The van der Waals surface area contributed by atoms with Crippen LogP contribution in [-0.2, 0) is 19.0 Å². The molecule has 1 aliphatic rings. The molecule has 5 nitrogen and oxygen atoms in total. The third kappa shape index (κ3) is 4.75. The van der Waals surface area contributed by atoms with Gasteiger partial charge in [0.25, 0.3) is 0 Å². The number of hydrogen-bond acceptors (Lipinski definition) is 3. The van der Waals surface area contributed by atoms with Crippen LogP contribution in [0.2, 0.25) is 0 Å². The Kier molecular flexibility index (Phi) is 5.79. The van der Waals surface area contributed by atoms with Crippen molar-refractivity contribution in [2.45, 2.75) is 31.5 Å². The maximum atomic E-state index is 12.6. The molecule has 1 atom stereocenters. The molecule has 0 spiro atoms. The van der Waals surface area contributed by atoms with E-state index >= 15 is 0 Å². The fourth-order valence-electron chi connectivity index (χ4n) is 3.32. The summed E-state index contributed by atoms with van der Waals surface area (Å²) >= 11 is 0. The number of anilines is 2. The van der Waals surface area contributed by atoms with Gasteiger partial charge in [-0.2, -0.15) is 13.2 Å². The molecule has 28 heavy (non-hydrogen) atoms. The molecular formula is C20H21F3N2O3. The number of benzene rings is 2. The third-order valence-electron chi connectivity index (χ3n) is 4.81. The summed E-state index contributed by atoms with van der Waals surface area (Å²) in [6, 6.07) is 9.99. The number of amides is 1. The Morgan fingerprint density at radius 1 is 1.14 bits per heavy atom. The molecule has 3 N–H and O–H groups in total. The van der Waals surface area contributed by atoms with Gasteiger partial charge in [0.15, 0.2) is 0 Å². The number of aliphatic hydroxyl groups is 1. The number of aryl methyl sites for hydroxylation is 1. The van der Waals surface area contributed by atoms with Crippen molar-refractivity contribution >= 4 is 17.5 Å². The van der Waals surface area contributed by atoms with E-state index < -0.39 is 23.9 Å². The highest BCUT2D eigenvalue weighted by Gasteiger charge is 2.30. The number of rotatable bonds is 5. The fraction of sp³-hybridized carbons (Fsp3) is 0.350. The predicted octanol–water partition coefficient (Wildman–Crippen LogP) is 4.15. The van der Waals surface area contributed by atoms with Crippen molar-refractivity contribution in [3.63, 3.8) is 0 Å². The van der Waals surface area contributed by atoms with E-state index in [9.17, 15) is 28.2 Å². The minimum atomic E-state index is -4.39. The molecule has 2 aromatic carbocycles. The smallest absolute Gasteiger partial charge is 0.416 e. The first-order valence-corrected chi connectivity index (χ1v) is 8.95. The summed E-state index contributed by atoms with van der Waals surface area (Å²) in [5.41, 5.74) is 2.31. The van der Waals surface area contributed by atoms with Gasteiger partial charge in [0.2, 0.25) is 0 Å². The van der Waals surface area contributed by atoms with Crippen LogP contribution in [-0.4, -0.2) is 35.5 Å². The molecule has 0 bridgehead atoms. The number of carboxylic acid groups (broad SMARTS) is 1. The zero-order valence-electron chi connectivity index (χ0n) is 15.0. The Bertz CT molecular complexity index is 838. The summed E-state index contributed by atoms with van der Waals surface area (Å²) in [5.74, 6) is 0. The molecule has 0 saturated carbocycles. The van der Waals surface area contributed by atoms with Gasteiger partial charge in [-0.05, 0) is 66.8 Å². The van der Waals surface area contributed by atoms with Crippen LogP contribution in [0.3, 0.4) is 0 Å². The largest absolute Gasteiger partial charge is 0.465 e. The second-order valence-electron chi connectivity index (χ2n) is 6.79. The molecule has 2 aromatic rings. The number of halogens is 3. The van der Waals surface area contributed by atoms with Gasteiger partial charge in [-0.15, -0.1) is 0 Å². The normalized spacial score (nSPS) is 16.4. The van der Waals surface area contributed by atoms with E-state index in [-0.39, 0.29) is 13.1 Å². The van der Waals surface area contributed by atoms with Gasteiger partial charge >= 0.3 is 12.3 Å². The molecule has 0 saturated heterocycles. The number of aliphatic hydroxyl groups excluding tert-OH is 1. The first kappa shape index (κ1) is 20.0. The van der Waals surface area contributed by atoms with Gasteiger partial charge in [-0.3, -0.25) is 4.90 Å². The van der Waals surface area contributed by atoms with Crippen LogP contribution in [0.1, 0.15) is 23.1 Å². The molecule has 0 fully saturated rings. The van der Waals surface area contributed by atoms with Crippen molar-refractivity contribution in [1.82, 2.24) is 0 Å². The van der Waals surface area contributed by atoms with Crippen LogP contribution in [0, 0.1) is 0 Å². The molecular weight excluding hydrogens is 373 g/mol. The lowest BCUT2D eigenvalue weighted by molar-refractivity contribution is -0.137. The molecule has 1 aliphatic carbocycles. The average Bonchev–Trinajstić information content (AvgIpc) is 2.64. The number of carbonyl (C=O) groups is 1. The standard InChI is InChI=1S/C20H21F3N2O3/c21-20(22,23)15-3-5-16(6-4-15)24-9-10-25(19(27)28)17-7-1-13-2-8-18(26)12-14(13)11-17/h1,3-7,11,18,24,26H,2,8-10,12H2,(H,27,28). The van der Waals surface area contributed by atoms with Gasteiger partial charge in [-0.25, -0.2) is 4.79 Å². The third-order valence-corrected chi connectivity index (χ3v) is 4.81. The summed E-state index contributed by atoms with van der Waals surface area (Å²) in [5, 5.41) is 22.3. The zero-order valence-corrected chi connectivity index (χ0v) is 15.0. The van der Waals surface area contributed by atoms with E-state index in [4.69, 9.17) is 0 Å². The molecule has 0 radical (unpaired) electrons. The van der Waals surface area contributed by atoms with Crippen molar-refractivity contribution in [2.75, 3.05) is 23.3 Å². The van der Waals surface area contributed by atoms with Crippen LogP contribution < -0.4 is 10.2 Å². The number of nitrogens with zero attached hydrogens (tertiary/aromatic N) is 1. The quantitative estimate of drug-likeness (QED) is 0.712. The lowest BCUT2D eigenvalue weighted by Crippen LogP contribution is -2.34. The first-order valence-electron chi connectivity index (χ1n) is 8.95. The zero-order chi connectivity index (χ0) is 20.3. The lowest BCUT2D eigenvalue weighted by Gasteiger charge is -2.25. The van der Waals surface area contributed by atoms with E-state index in [1.165, 1.54) is 17.0 Å². The van der Waals surface area contributed by atoms with Crippen LogP contribution in [0.5, 0.6) is 0 Å². The van der Waals surface area contributed by atoms with E-state index in [0.717, 1.165) is 29.7 Å². The van der Waals surface area contributed by atoms with Crippen molar-refractivity contribution < 1.29 is 28.2 Å². The molecule has 0 aromatic heterocycles. The molecule has 1 unspecified atom stereocenters. The van der Waals surface area contributed by atoms with E-state index in [0.29, 0.717) is 24.2 Å². The molecule has 150 valence electrons. The SMILES string of the molecule is O=C(O)N(CCNc1ccc(C(F)(F)F)cc1)c1ccc2c(c1)CC(O)CC2. The predicted molar refractivity (Wildman–Crippen MR) is 99.8 cm³/mol. The summed E-state index contributed by atoms with van der Waals surface area (Å²) in [7, 11) is 0. The van der Waals surface area contributed by atoms with Crippen LogP contribution in [0.15, 0.2) is 42.5 Å². The molecule has 1 amide bonds. The Morgan fingerprint density at radius 3 is 2.50 bits per heavy atom. The van der Waals surface area contributed by atoms with Crippen molar-refractivity contribution in [2.24, 2.45) is 0 Å². The van der Waals surface area contributed by atoms with Gasteiger partial charge < -0.3 is 15.5 Å². The highest BCUT2D eigenvalue weighted by Crippen LogP contribution is 2.30. The monoisotopic (exact) mass is 394 g/mol. The number of alkyl halides is 3. The number of fused-ring (bicyclic) bond motifs is 1. The minimum absolute atomic E-state index is 0.123. The van der Waals surface area contributed by atoms with Gasteiger partial charge in [-0.1, -0.05) is 6.07 Å². The van der Waals surface area contributed by atoms with Gasteiger partial charge in [0.05, 0.1) is 11.7 Å². The highest BCUT2D eigenvalue weighted by molar-refractivity contribution is 5.86. The summed E-state index contributed by atoms with van der Waals surface area (Å²) in [4.78, 5) is 12.8. The van der Waals surface area contributed by atoms with E-state index in [1.807, 2.05) is 6.07 Å². The van der Waals surface area contributed by atoms with Crippen LogP contribution in [0.4, 0.5) is 29.3 Å². The summed E-state index contributed by atoms with van der Waals surface area (Å²) in [6.07, 6.45) is -3.96. The topological polar surface area (TPSA) is 72.8 Å². The van der Waals surface area contributed by atoms with Gasteiger partial charge in [0.1, 0.15) is 0 Å². The fourth-order valence-corrected chi connectivity index (χ4v) is 3.32. The Hall–Kier alpha value is -2.74. The van der Waals surface area contributed by atoms with E-state index in [1.54, 1.807) is 12.1 Å². The van der Waals surface area contributed by atoms with Crippen molar-refractivity contribution in [3.8, 4) is 0 Å². The van der Waals surface area contributed by atoms with Crippen molar-refractivity contribution in [3.05, 3.63) is 59.2 Å². The van der Waals surface area contributed by atoms with Crippen LogP contribution >= 0.6 is 0 Å². The second-order valence-corrected chi connectivity index (χ2v) is 6.79. The Morgan fingerprint density at radius 2 is 1.86 bits per heavy atom. The first-order chi connectivity index (χ1) is 13.2.